The molecule has 8 nitrogen and oxygen atoms in total. The molecule has 0 heterocycles. The van der Waals surface area contributed by atoms with Crippen LogP contribution in [0.5, 0.6) is 0 Å². The molecule has 0 saturated carbocycles. The third-order valence-electron chi connectivity index (χ3n) is 1.95. The quantitative estimate of drug-likeness (QED) is 0.354. The first-order valence-electron chi connectivity index (χ1n) is 5.69. The fraction of sp³-hybridized carbons (Fsp3) is 0.545. The highest BCUT2D eigenvalue weighted by atomic mass is 16.5. The van der Waals surface area contributed by atoms with Crippen LogP contribution in [0.3, 0.4) is 0 Å². The average Bonchev–Trinajstić information content (AvgIpc) is 2.31. The molecule has 0 spiro atoms. The van der Waals surface area contributed by atoms with Crippen LogP contribution in [0.4, 0.5) is 4.79 Å². The van der Waals surface area contributed by atoms with Crippen LogP contribution in [0.1, 0.15) is 6.42 Å². The molecule has 0 aromatic carbocycles. The second kappa shape index (κ2) is 9.89. The number of rotatable bonds is 10. The molecule has 4 N–H and O–H groups in total. The van der Waals surface area contributed by atoms with Crippen LogP contribution in [0.15, 0.2) is 12.7 Å². The van der Waals surface area contributed by atoms with Gasteiger partial charge in [0.05, 0.1) is 13.2 Å². The molecular weight excluding hydrogens is 254 g/mol. The summed E-state index contributed by atoms with van der Waals surface area (Å²) in [6.07, 6.45) is 2.42. The van der Waals surface area contributed by atoms with Gasteiger partial charge >= 0.3 is 12.0 Å². The number of hydrogen-bond acceptors (Lipinski definition) is 4. The summed E-state index contributed by atoms with van der Waals surface area (Å²) in [4.78, 5) is 33.6. The number of nitrogens with zero attached hydrogens (tertiary/aromatic N) is 1. The van der Waals surface area contributed by atoms with E-state index in [1.54, 1.807) is 6.08 Å². The minimum atomic E-state index is -1.22. The molecule has 0 saturated heterocycles. The van der Waals surface area contributed by atoms with E-state index in [0.29, 0.717) is 13.0 Å². The number of aliphatic carboxylic acids is 1. The van der Waals surface area contributed by atoms with Crippen molar-refractivity contribution in [3.05, 3.63) is 12.7 Å². The third kappa shape index (κ3) is 9.60. The number of amides is 3. The van der Waals surface area contributed by atoms with E-state index < -0.39 is 31.0 Å². The molecule has 0 aromatic heterocycles. The number of nitrogens with two attached hydrogens (primary N) is 1. The second-order valence-electron chi connectivity index (χ2n) is 3.64. The molecule has 19 heavy (non-hydrogen) atoms. The molecule has 0 fully saturated rings. The first-order chi connectivity index (χ1) is 8.97. The van der Waals surface area contributed by atoms with Crippen molar-refractivity contribution in [2.45, 2.75) is 6.42 Å². The molecule has 0 aliphatic carbocycles. The van der Waals surface area contributed by atoms with Gasteiger partial charge in [-0.25, -0.2) is 4.79 Å². The van der Waals surface area contributed by atoms with E-state index in [-0.39, 0.29) is 13.2 Å². The number of ether oxygens (including phenoxy) is 1. The number of hydrogen-bond donors (Lipinski definition) is 3. The van der Waals surface area contributed by atoms with E-state index in [2.05, 4.69) is 11.9 Å². The first kappa shape index (κ1) is 16.9. The fourth-order valence-corrected chi connectivity index (χ4v) is 1.16. The summed E-state index contributed by atoms with van der Waals surface area (Å²) >= 11 is 0. The van der Waals surface area contributed by atoms with Crippen molar-refractivity contribution in [2.24, 2.45) is 5.73 Å². The first-order valence-corrected chi connectivity index (χ1v) is 5.69. The Kier molecular flexibility index (Phi) is 8.80. The molecule has 108 valence electrons. The van der Waals surface area contributed by atoms with Gasteiger partial charge in [0.25, 0.3) is 0 Å². The highest BCUT2D eigenvalue weighted by molar-refractivity contribution is 5.85. The molecule has 0 unspecified atom stereocenters. The molecule has 0 radical (unpaired) electrons. The van der Waals surface area contributed by atoms with E-state index in [0.717, 1.165) is 4.90 Å². The molecule has 0 aromatic rings. The lowest BCUT2D eigenvalue weighted by atomic mass is 10.4. The van der Waals surface area contributed by atoms with Crippen molar-refractivity contribution < 1.29 is 24.2 Å². The SMILES string of the molecule is C=CCCOCCNC(=O)N(CC(N)=O)CC(=O)O. The van der Waals surface area contributed by atoms with Gasteiger partial charge in [-0.2, -0.15) is 0 Å². The largest absolute Gasteiger partial charge is 0.480 e. The van der Waals surface area contributed by atoms with Crippen LogP contribution in [0.25, 0.3) is 0 Å². The van der Waals surface area contributed by atoms with Crippen molar-refractivity contribution in [1.82, 2.24) is 10.2 Å². The number of carbonyl (C=O) groups excluding carboxylic acids is 2. The Labute approximate surface area is 111 Å². The summed E-state index contributed by atoms with van der Waals surface area (Å²) in [7, 11) is 0. The van der Waals surface area contributed by atoms with Gasteiger partial charge in [0.15, 0.2) is 0 Å². The van der Waals surface area contributed by atoms with Crippen molar-refractivity contribution in [3.63, 3.8) is 0 Å². The smallest absolute Gasteiger partial charge is 0.323 e. The predicted octanol–water partition coefficient (Wildman–Crippen LogP) is -0.839. The second-order valence-corrected chi connectivity index (χ2v) is 3.64. The third-order valence-corrected chi connectivity index (χ3v) is 1.95. The van der Waals surface area contributed by atoms with E-state index in [4.69, 9.17) is 15.6 Å². The molecule has 0 rings (SSSR count). The number of carboxylic acids is 1. The molecule has 3 amide bonds. The lowest BCUT2D eigenvalue weighted by molar-refractivity contribution is -0.137. The Hall–Kier alpha value is -2.09. The number of carbonyl (C=O) groups is 3. The van der Waals surface area contributed by atoms with Crippen molar-refractivity contribution >= 4 is 17.9 Å². The standard InChI is InChI=1S/C11H19N3O5/c1-2-3-5-19-6-4-13-11(18)14(7-9(12)15)8-10(16)17/h2H,1,3-8H2,(H2,12,15)(H,13,18)(H,16,17). The van der Waals surface area contributed by atoms with Gasteiger partial charge in [-0.15, -0.1) is 6.58 Å². The Morgan fingerprint density at radius 1 is 1.32 bits per heavy atom. The fourth-order valence-electron chi connectivity index (χ4n) is 1.16. The van der Waals surface area contributed by atoms with E-state index in [1.165, 1.54) is 0 Å². The molecule has 8 heteroatoms. The van der Waals surface area contributed by atoms with Gasteiger partial charge in [0.2, 0.25) is 5.91 Å². The lowest BCUT2D eigenvalue weighted by Gasteiger charge is -2.19. The van der Waals surface area contributed by atoms with Gasteiger partial charge in [-0.05, 0) is 6.42 Å². The zero-order chi connectivity index (χ0) is 14.7. The maximum atomic E-state index is 11.6. The Bertz CT molecular complexity index is 316. The summed E-state index contributed by atoms with van der Waals surface area (Å²) in [5.41, 5.74) is 4.93. The van der Waals surface area contributed by atoms with Gasteiger partial charge in [0.1, 0.15) is 13.1 Å². The van der Waals surface area contributed by atoms with Crippen molar-refractivity contribution in [3.8, 4) is 0 Å². The van der Waals surface area contributed by atoms with Gasteiger partial charge < -0.3 is 25.8 Å². The van der Waals surface area contributed by atoms with E-state index >= 15 is 0 Å². The van der Waals surface area contributed by atoms with Crippen LogP contribution in [-0.4, -0.2) is 60.8 Å². The average molecular weight is 273 g/mol. The number of carboxylic acid groups (broad SMARTS) is 1. The maximum Gasteiger partial charge on any atom is 0.323 e. The monoisotopic (exact) mass is 273 g/mol. The topological polar surface area (TPSA) is 122 Å². The molecule has 0 aliphatic heterocycles. The molecular formula is C11H19N3O5. The minimum absolute atomic E-state index is 0.213. The summed E-state index contributed by atoms with van der Waals surface area (Å²) in [6, 6.07) is -0.673. The maximum absolute atomic E-state index is 11.6. The minimum Gasteiger partial charge on any atom is -0.480 e. The Morgan fingerprint density at radius 3 is 2.53 bits per heavy atom. The molecule has 0 atom stereocenters. The normalized spacial score (nSPS) is 9.68. The summed E-state index contributed by atoms with van der Waals surface area (Å²) in [5.74, 6) is -2.00. The summed E-state index contributed by atoms with van der Waals surface area (Å²) in [6.45, 7) is 3.49. The lowest BCUT2D eigenvalue weighted by Crippen LogP contribution is -2.47. The van der Waals surface area contributed by atoms with Gasteiger partial charge in [-0.1, -0.05) is 6.08 Å². The Morgan fingerprint density at radius 2 is 2.00 bits per heavy atom. The van der Waals surface area contributed by atoms with Crippen molar-refractivity contribution in [1.29, 1.82) is 0 Å². The van der Waals surface area contributed by atoms with Gasteiger partial charge in [0, 0.05) is 6.54 Å². The predicted molar refractivity (Wildman–Crippen MR) is 67.4 cm³/mol. The van der Waals surface area contributed by atoms with E-state index in [1.807, 2.05) is 0 Å². The van der Waals surface area contributed by atoms with Crippen LogP contribution < -0.4 is 11.1 Å². The summed E-state index contributed by atoms with van der Waals surface area (Å²) in [5, 5.41) is 11.0. The van der Waals surface area contributed by atoms with Gasteiger partial charge in [-0.3, -0.25) is 9.59 Å². The van der Waals surface area contributed by atoms with Crippen LogP contribution in [0, 0.1) is 0 Å². The summed E-state index contributed by atoms with van der Waals surface area (Å²) < 4.78 is 5.15. The zero-order valence-electron chi connectivity index (χ0n) is 10.6. The highest BCUT2D eigenvalue weighted by Crippen LogP contribution is 1.90. The highest BCUT2D eigenvalue weighted by Gasteiger charge is 2.18. The van der Waals surface area contributed by atoms with Crippen LogP contribution in [0.2, 0.25) is 0 Å². The van der Waals surface area contributed by atoms with Crippen molar-refractivity contribution in [2.75, 3.05) is 32.8 Å². The molecule has 0 aliphatic rings. The number of urea groups is 1. The number of primary amides is 1. The van der Waals surface area contributed by atoms with Crippen LogP contribution >= 0.6 is 0 Å². The zero-order valence-corrected chi connectivity index (χ0v) is 10.6. The molecule has 0 bridgehead atoms. The number of nitrogens with one attached hydrogen (secondary N) is 1. The Balaban J connectivity index is 3.99. The van der Waals surface area contributed by atoms with E-state index in [9.17, 15) is 14.4 Å². The van der Waals surface area contributed by atoms with Crippen LogP contribution in [-0.2, 0) is 14.3 Å².